The molecule has 9 heteroatoms. The van der Waals surface area contributed by atoms with Gasteiger partial charge < -0.3 is 10.2 Å². The van der Waals surface area contributed by atoms with Crippen molar-refractivity contribution in [2.24, 2.45) is 0 Å². The number of carbonyl (C=O) groups is 1. The van der Waals surface area contributed by atoms with Crippen LogP contribution in [0.2, 0.25) is 0 Å². The predicted octanol–water partition coefficient (Wildman–Crippen LogP) is 1.43. The van der Waals surface area contributed by atoms with Crippen molar-refractivity contribution in [2.45, 2.75) is 23.8 Å². The summed E-state index contributed by atoms with van der Waals surface area (Å²) < 4.78 is 39.8. The molecule has 0 aromatic heterocycles. The molecule has 0 unspecified atom stereocenters. The summed E-state index contributed by atoms with van der Waals surface area (Å²) in [5, 5.41) is 18.8. The molecule has 0 bridgehead atoms. The fourth-order valence-corrected chi connectivity index (χ4v) is 4.37. The molecule has 0 saturated carbocycles. The monoisotopic (exact) mass is 381 g/mol. The van der Waals surface area contributed by atoms with Crippen molar-refractivity contribution in [1.29, 1.82) is 0 Å². The lowest BCUT2D eigenvalue weighted by Gasteiger charge is -2.44. The van der Waals surface area contributed by atoms with Crippen LogP contribution in [0.25, 0.3) is 0 Å². The highest BCUT2D eigenvalue weighted by molar-refractivity contribution is 9.10. The molecular formula is C12H13BrFNO5S. The molecule has 1 saturated heterocycles. The van der Waals surface area contributed by atoms with Gasteiger partial charge in [-0.1, -0.05) is 22.9 Å². The Morgan fingerprint density at radius 2 is 2.05 bits per heavy atom. The van der Waals surface area contributed by atoms with Gasteiger partial charge in [-0.15, -0.1) is 0 Å². The molecule has 0 radical (unpaired) electrons. The molecule has 2 rings (SSSR count). The average Bonchev–Trinajstić information content (AvgIpc) is 2.36. The number of sulfonamides is 1. The normalized spacial score (nSPS) is 18.3. The zero-order valence-electron chi connectivity index (χ0n) is 11.0. The number of carboxylic acid groups (broad SMARTS) is 1. The third-order valence-corrected chi connectivity index (χ3v) is 5.70. The van der Waals surface area contributed by atoms with E-state index in [1.165, 1.54) is 0 Å². The lowest BCUT2D eigenvalue weighted by molar-refractivity contribution is -0.0614. The Morgan fingerprint density at radius 3 is 2.52 bits per heavy atom. The molecule has 1 aliphatic heterocycles. The summed E-state index contributed by atoms with van der Waals surface area (Å²) in [6.45, 7) is 1.44. The zero-order valence-corrected chi connectivity index (χ0v) is 13.4. The van der Waals surface area contributed by atoms with Crippen LogP contribution in [-0.4, -0.2) is 47.6 Å². The molecule has 2 N–H and O–H groups in total. The second-order valence-electron chi connectivity index (χ2n) is 4.92. The van der Waals surface area contributed by atoms with Gasteiger partial charge >= 0.3 is 5.97 Å². The number of aliphatic hydroxyl groups is 1. The van der Waals surface area contributed by atoms with Crippen LogP contribution in [0.4, 0.5) is 4.39 Å². The molecule has 0 aliphatic carbocycles. The molecule has 0 atom stereocenters. The van der Waals surface area contributed by atoms with Crippen LogP contribution in [0, 0.1) is 5.82 Å². The number of carboxylic acids is 1. The van der Waals surface area contributed by atoms with Crippen LogP contribution in [-0.2, 0) is 10.0 Å². The van der Waals surface area contributed by atoms with E-state index in [0.717, 1.165) is 16.4 Å². The number of β-amino-alcohol motifs (C(OH)–C–C–N with tert-alkyl or cyclic N) is 1. The van der Waals surface area contributed by atoms with E-state index in [1.54, 1.807) is 6.92 Å². The highest BCUT2D eigenvalue weighted by Crippen LogP contribution is 2.33. The molecule has 1 aromatic rings. The SMILES string of the molecule is CCC1(O)CN(S(=O)(=O)c2cc(Br)cc(C(=O)O)c2F)C1. The first-order valence-electron chi connectivity index (χ1n) is 6.05. The van der Waals surface area contributed by atoms with Crippen molar-refractivity contribution in [3.8, 4) is 0 Å². The number of halogens is 2. The van der Waals surface area contributed by atoms with Gasteiger partial charge in [-0.3, -0.25) is 0 Å². The lowest BCUT2D eigenvalue weighted by Crippen LogP contribution is -2.62. The molecule has 1 heterocycles. The Balaban J connectivity index is 2.45. The minimum atomic E-state index is -4.19. The molecule has 6 nitrogen and oxygen atoms in total. The summed E-state index contributed by atoms with van der Waals surface area (Å²) >= 11 is 2.97. The lowest BCUT2D eigenvalue weighted by atomic mass is 9.94. The maximum absolute atomic E-state index is 14.1. The van der Waals surface area contributed by atoms with Crippen LogP contribution in [0.3, 0.4) is 0 Å². The smallest absolute Gasteiger partial charge is 0.338 e. The summed E-state index contributed by atoms with van der Waals surface area (Å²) in [5.41, 5.74) is -1.83. The van der Waals surface area contributed by atoms with Crippen molar-refractivity contribution in [3.63, 3.8) is 0 Å². The van der Waals surface area contributed by atoms with E-state index < -0.39 is 37.9 Å². The molecule has 0 amide bonds. The van der Waals surface area contributed by atoms with Crippen molar-refractivity contribution in [2.75, 3.05) is 13.1 Å². The van der Waals surface area contributed by atoms with Crippen LogP contribution in [0.15, 0.2) is 21.5 Å². The number of rotatable bonds is 4. The molecule has 1 fully saturated rings. The zero-order chi connectivity index (χ0) is 16.0. The summed E-state index contributed by atoms with van der Waals surface area (Å²) in [6, 6.07) is 2.01. The standard InChI is InChI=1S/C12H13BrFNO5S/c1-2-12(18)5-15(6-12)21(19,20)9-4-7(13)3-8(10(9)14)11(16)17/h3-4,18H,2,5-6H2,1H3,(H,16,17). The number of hydrogen-bond acceptors (Lipinski definition) is 4. The highest BCUT2D eigenvalue weighted by atomic mass is 79.9. The first-order valence-corrected chi connectivity index (χ1v) is 8.29. The van der Waals surface area contributed by atoms with Gasteiger partial charge in [0.25, 0.3) is 0 Å². The van der Waals surface area contributed by atoms with Gasteiger partial charge in [0.2, 0.25) is 10.0 Å². The topological polar surface area (TPSA) is 94.9 Å². The molecular weight excluding hydrogens is 369 g/mol. The fourth-order valence-electron chi connectivity index (χ4n) is 2.05. The maximum Gasteiger partial charge on any atom is 0.338 e. The van der Waals surface area contributed by atoms with Crippen molar-refractivity contribution in [3.05, 3.63) is 28.0 Å². The minimum Gasteiger partial charge on any atom is -0.478 e. The summed E-state index contributed by atoms with van der Waals surface area (Å²) in [4.78, 5) is 10.2. The minimum absolute atomic E-state index is 0.139. The van der Waals surface area contributed by atoms with Crippen molar-refractivity contribution < 1.29 is 27.8 Å². The van der Waals surface area contributed by atoms with Gasteiger partial charge in [0, 0.05) is 17.6 Å². The Labute approximate surface area is 129 Å². The van der Waals surface area contributed by atoms with Gasteiger partial charge in [-0.05, 0) is 18.6 Å². The van der Waals surface area contributed by atoms with E-state index in [2.05, 4.69) is 15.9 Å². The van der Waals surface area contributed by atoms with Crippen LogP contribution < -0.4 is 0 Å². The van der Waals surface area contributed by atoms with Gasteiger partial charge in [0.15, 0.2) is 5.82 Å². The number of nitrogens with zero attached hydrogens (tertiary/aromatic N) is 1. The Morgan fingerprint density at radius 1 is 1.48 bits per heavy atom. The highest BCUT2D eigenvalue weighted by Gasteiger charge is 2.47. The number of benzene rings is 1. The van der Waals surface area contributed by atoms with Gasteiger partial charge in [0.1, 0.15) is 4.90 Å². The molecule has 0 spiro atoms. The average molecular weight is 382 g/mol. The third-order valence-electron chi connectivity index (χ3n) is 3.45. The predicted molar refractivity (Wildman–Crippen MR) is 75.1 cm³/mol. The van der Waals surface area contributed by atoms with E-state index in [4.69, 9.17) is 5.11 Å². The van der Waals surface area contributed by atoms with Gasteiger partial charge in [-0.25, -0.2) is 17.6 Å². The molecule has 1 aliphatic rings. The molecule has 21 heavy (non-hydrogen) atoms. The van der Waals surface area contributed by atoms with Gasteiger partial charge in [-0.2, -0.15) is 4.31 Å². The Bertz CT molecular complexity index is 700. The van der Waals surface area contributed by atoms with Crippen LogP contribution in [0.5, 0.6) is 0 Å². The van der Waals surface area contributed by atoms with Crippen LogP contribution in [0.1, 0.15) is 23.7 Å². The number of aromatic carboxylic acids is 1. The summed E-state index contributed by atoms with van der Waals surface area (Å²) in [5.74, 6) is -2.86. The van der Waals surface area contributed by atoms with E-state index >= 15 is 0 Å². The van der Waals surface area contributed by atoms with Gasteiger partial charge in [0.05, 0.1) is 11.2 Å². The first kappa shape index (κ1) is 16.3. The maximum atomic E-state index is 14.1. The third kappa shape index (κ3) is 2.83. The second kappa shape index (κ2) is 5.31. The summed E-state index contributed by atoms with van der Waals surface area (Å²) in [6.07, 6.45) is 0.375. The first-order chi connectivity index (χ1) is 9.60. The van der Waals surface area contributed by atoms with E-state index in [1.807, 2.05) is 0 Å². The van der Waals surface area contributed by atoms with E-state index in [9.17, 15) is 22.7 Å². The Hall–Kier alpha value is -1.03. The van der Waals surface area contributed by atoms with E-state index in [-0.39, 0.29) is 17.6 Å². The fraction of sp³-hybridized carbons (Fsp3) is 0.417. The largest absolute Gasteiger partial charge is 0.478 e. The van der Waals surface area contributed by atoms with Crippen LogP contribution >= 0.6 is 15.9 Å². The van der Waals surface area contributed by atoms with Crippen molar-refractivity contribution in [1.82, 2.24) is 4.31 Å². The number of hydrogen-bond donors (Lipinski definition) is 2. The Kier molecular flexibility index (Phi) is 4.13. The second-order valence-corrected chi connectivity index (χ2v) is 7.74. The van der Waals surface area contributed by atoms with Crippen molar-refractivity contribution >= 4 is 31.9 Å². The summed E-state index contributed by atoms with van der Waals surface area (Å²) in [7, 11) is -4.19. The quantitative estimate of drug-likeness (QED) is 0.822. The molecule has 116 valence electrons. The van der Waals surface area contributed by atoms with E-state index in [0.29, 0.717) is 6.42 Å². The molecule has 1 aromatic carbocycles.